The molecule has 31 heavy (non-hydrogen) atoms. The van der Waals surface area contributed by atoms with Gasteiger partial charge >= 0.3 is 11.9 Å². The number of primary amides is 1. The average Bonchev–Trinajstić information content (AvgIpc) is 2.67. The Hall–Kier alpha value is -2.52. The lowest BCUT2D eigenvalue weighted by Gasteiger charge is -2.23. The monoisotopic (exact) mass is 481 g/mol. The van der Waals surface area contributed by atoms with Gasteiger partial charge in [0.1, 0.15) is 18.1 Å². The molecule has 0 aromatic carbocycles. The highest BCUT2D eigenvalue weighted by Gasteiger charge is 2.31. The summed E-state index contributed by atoms with van der Waals surface area (Å²) >= 11 is 5.46. The van der Waals surface area contributed by atoms with Gasteiger partial charge in [-0.25, -0.2) is 4.79 Å². The van der Waals surface area contributed by atoms with Crippen LogP contribution in [0.1, 0.15) is 19.3 Å². The van der Waals surface area contributed by atoms with Crippen LogP contribution in [0.4, 0.5) is 0 Å². The maximum atomic E-state index is 12.5. The van der Waals surface area contributed by atoms with E-state index in [2.05, 4.69) is 23.3 Å². The summed E-state index contributed by atoms with van der Waals surface area (Å²) in [7, 11) is 0. The third-order valence-electron chi connectivity index (χ3n) is 3.82. The van der Waals surface area contributed by atoms with Gasteiger partial charge in [-0.1, -0.05) is 0 Å². The molecule has 176 valence electrons. The SMILES string of the molecule is CSCCC(N)C(=O)NC(CS)C(=O)NC(CC(N)=O)C(=O)NC(CC(=O)O)C(=O)O. The average molecular weight is 482 g/mol. The Morgan fingerprint density at radius 3 is 1.87 bits per heavy atom. The molecule has 0 spiro atoms. The van der Waals surface area contributed by atoms with Crippen molar-refractivity contribution in [2.24, 2.45) is 11.5 Å². The normalized spacial score (nSPS) is 14.4. The molecule has 4 amide bonds. The molecule has 0 aliphatic carbocycles. The molecule has 4 atom stereocenters. The first-order valence-electron chi connectivity index (χ1n) is 8.92. The zero-order valence-corrected chi connectivity index (χ0v) is 18.4. The number of nitrogens with two attached hydrogens (primary N) is 2. The Labute approximate surface area is 187 Å². The Morgan fingerprint density at radius 2 is 1.42 bits per heavy atom. The number of thioether (sulfide) groups is 1. The molecule has 0 aliphatic heterocycles. The number of carbonyl (C=O) groups is 6. The molecule has 0 radical (unpaired) electrons. The summed E-state index contributed by atoms with van der Waals surface area (Å²) in [6.45, 7) is 0. The van der Waals surface area contributed by atoms with E-state index in [-0.39, 0.29) is 5.75 Å². The Kier molecular flexibility index (Phi) is 13.3. The maximum absolute atomic E-state index is 12.5. The molecule has 0 aliphatic rings. The van der Waals surface area contributed by atoms with E-state index in [9.17, 15) is 28.8 Å². The summed E-state index contributed by atoms with van der Waals surface area (Å²) in [5.74, 6) is -6.31. The number of thiol groups is 1. The fourth-order valence-electron chi connectivity index (χ4n) is 2.18. The van der Waals surface area contributed by atoms with Crippen molar-refractivity contribution >= 4 is 60.0 Å². The van der Waals surface area contributed by atoms with Crippen LogP contribution in [-0.4, -0.2) is 87.7 Å². The Balaban J connectivity index is 5.25. The van der Waals surface area contributed by atoms with Crippen molar-refractivity contribution in [2.45, 2.75) is 43.4 Å². The number of nitrogens with one attached hydrogen (secondary N) is 3. The van der Waals surface area contributed by atoms with Gasteiger partial charge in [-0.15, -0.1) is 0 Å². The topological polar surface area (TPSA) is 231 Å². The number of amides is 4. The molecular formula is C16H27N5O8S2. The van der Waals surface area contributed by atoms with Gasteiger partial charge in [0, 0.05) is 5.75 Å². The van der Waals surface area contributed by atoms with E-state index in [4.69, 9.17) is 21.7 Å². The molecule has 0 bridgehead atoms. The minimum absolute atomic E-state index is 0.172. The van der Waals surface area contributed by atoms with Gasteiger partial charge in [-0.05, 0) is 18.4 Å². The second kappa shape index (κ2) is 14.5. The van der Waals surface area contributed by atoms with E-state index in [0.29, 0.717) is 12.2 Å². The number of aliphatic carboxylic acids is 2. The summed E-state index contributed by atoms with van der Waals surface area (Å²) in [6.07, 6.45) is 0.573. The summed E-state index contributed by atoms with van der Waals surface area (Å²) < 4.78 is 0. The molecule has 0 rings (SSSR count). The molecule has 0 saturated heterocycles. The van der Waals surface area contributed by atoms with Crippen LogP contribution in [0.2, 0.25) is 0 Å². The third kappa shape index (κ3) is 11.4. The maximum Gasteiger partial charge on any atom is 0.326 e. The van der Waals surface area contributed by atoms with Crippen molar-refractivity contribution in [3.05, 3.63) is 0 Å². The number of carboxylic acids is 2. The van der Waals surface area contributed by atoms with E-state index in [1.54, 1.807) is 0 Å². The molecule has 0 aromatic rings. The first-order chi connectivity index (χ1) is 14.4. The van der Waals surface area contributed by atoms with Gasteiger partial charge in [0.15, 0.2) is 0 Å². The highest BCUT2D eigenvalue weighted by atomic mass is 32.2. The van der Waals surface area contributed by atoms with E-state index in [1.165, 1.54) is 11.8 Å². The van der Waals surface area contributed by atoms with E-state index >= 15 is 0 Å². The van der Waals surface area contributed by atoms with Gasteiger partial charge in [0.2, 0.25) is 23.6 Å². The van der Waals surface area contributed by atoms with Gasteiger partial charge in [-0.3, -0.25) is 24.0 Å². The number of rotatable bonds is 15. The number of hydrogen-bond acceptors (Lipinski definition) is 9. The minimum atomic E-state index is -1.80. The molecule has 9 N–H and O–H groups in total. The highest BCUT2D eigenvalue weighted by Crippen LogP contribution is 2.02. The van der Waals surface area contributed by atoms with Crippen LogP contribution in [0, 0.1) is 0 Å². The van der Waals surface area contributed by atoms with E-state index < -0.39 is 72.6 Å². The predicted octanol–water partition coefficient (Wildman–Crippen LogP) is -3.11. The molecule has 0 heterocycles. The molecule has 4 unspecified atom stereocenters. The lowest BCUT2D eigenvalue weighted by molar-refractivity contribution is -0.147. The van der Waals surface area contributed by atoms with Crippen molar-refractivity contribution in [1.82, 2.24) is 16.0 Å². The number of carboxylic acid groups (broad SMARTS) is 2. The molecule has 13 nitrogen and oxygen atoms in total. The number of hydrogen-bond donors (Lipinski definition) is 8. The lowest BCUT2D eigenvalue weighted by atomic mass is 10.1. The van der Waals surface area contributed by atoms with Crippen molar-refractivity contribution in [2.75, 3.05) is 17.8 Å². The van der Waals surface area contributed by atoms with Crippen LogP contribution in [0.5, 0.6) is 0 Å². The first-order valence-corrected chi connectivity index (χ1v) is 10.9. The first kappa shape index (κ1) is 28.5. The molecule has 0 saturated carbocycles. The van der Waals surface area contributed by atoms with E-state index in [1.807, 2.05) is 11.6 Å². The standard InChI is InChI=1S/C16H27N5O8S2/c1-31-3-2-7(17)13(25)21-10(6-30)15(27)19-8(4-11(18)22)14(26)20-9(16(28)29)5-12(23)24/h7-10,30H,2-6,17H2,1H3,(H2,18,22)(H,19,27)(H,20,26)(H,21,25)(H,23,24)(H,28,29). The Bertz CT molecular complexity index is 693. The predicted molar refractivity (Wildman–Crippen MR) is 114 cm³/mol. The van der Waals surface area contributed by atoms with Gasteiger partial charge in [0.05, 0.1) is 18.9 Å². The van der Waals surface area contributed by atoms with Crippen molar-refractivity contribution < 1.29 is 39.0 Å². The van der Waals surface area contributed by atoms with Crippen LogP contribution >= 0.6 is 24.4 Å². The second-order valence-corrected chi connectivity index (χ2v) is 7.71. The highest BCUT2D eigenvalue weighted by molar-refractivity contribution is 7.98. The smallest absolute Gasteiger partial charge is 0.326 e. The van der Waals surface area contributed by atoms with Crippen LogP contribution < -0.4 is 27.4 Å². The minimum Gasteiger partial charge on any atom is -0.481 e. The third-order valence-corrected chi connectivity index (χ3v) is 4.83. The number of carbonyl (C=O) groups excluding carboxylic acids is 4. The van der Waals surface area contributed by atoms with Crippen LogP contribution in [0.25, 0.3) is 0 Å². The zero-order valence-electron chi connectivity index (χ0n) is 16.7. The summed E-state index contributed by atoms with van der Waals surface area (Å²) in [4.78, 5) is 70.1. The largest absolute Gasteiger partial charge is 0.481 e. The van der Waals surface area contributed by atoms with Crippen LogP contribution in [-0.2, 0) is 28.8 Å². The lowest BCUT2D eigenvalue weighted by Crippen LogP contribution is -2.58. The van der Waals surface area contributed by atoms with Crippen LogP contribution in [0.3, 0.4) is 0 Å². The fourth-order valence-corrected chi connectivity index (χ4v) is 2.93. The summed E-state index contributed by atoms with van der Waals surface area (Å²) in [6, 6.07) is -5.49. The van der Waals surface area contributed by atoms with E-state index in [0.717, 1.165) is 0 Å². The Morgan fingerprint density at radius 1 is 0.903 bits per heavy atom. The van der Waals surface area contributed by atoms with Crippen molar-refractivity contribution in [1.29, 1.82) is 0 Å². The summed E-state index contributed by atoms with van der Waals surface area (Å²) in [5, 5.41) is 24.3. The fraction of sp³-hybridized carbons (Fsp3) is 0.625. The molecule has 0 fully saturated rings. The molecule has 0 aromatic heterocycles. The van der Waals surface area contributed by atoms with Gasteiger partial charge in [0.25, 0.3) is 0 Å². The molecular weight excluding hydrogens is 454 g/mol. The molecule has 15 heteroatoms. The quantitative estimate of drug-likeness (QED) is 0.110. The summed E-state index contributed by atoms with van der Waals surface area (Å²) in [5.41, 5.74) is 10.8. The second-order valence-electron chi connectivity index (χ2n) is 6.36. The van der Waals surface area contributed by atoms with Crippen LogP contribution in [0.15, 0.2) is 0 Å². The van der Waals surface area contributed by atoms with Crippen molar-refractivity contribution in [3.63, 3.8) is 0 Å². The van der Waals surface area contributed by atoms with Gasteiger partial charge < -0.3 is 37.6 Å². The van der Waals surface area contributed by atoms with Crippen molar-refractivity contribution in [3.8, 4) is 0 Å². The van der Waals surface area contributed by atoms with Gasteiger partial charge in [-0.2, -0.15) is 24.4 Å². The zero-order chi connectivity index (χ0) is 24.1.